The third-order valence-corrected chi connectivity index (χ3v) is 6.23. The second kappa shape index (κ2) is 9.45. The van der Waals surface area contributed by atoms with Crippen molar-refractivity contribution in [3.05, 3.63) is 92.5 Å². The van der Waals surface area contributed by atoms with Crippen molar-refractivity contribution in [2.45, 2.75) is 20.3 Å². The van der Waals surface area contributed by atoms with Gasteiger partial charge in [-0.05, 0) is 90.4 Å². The molecule has 0 radical (unpaired) electrons. The van der Waals surface area contributed by atoms with Crippen LogP contribution in [-0.4, -0.2) is 22.0 Å². The van der Waals surface area contributed by atoms with Crippen molar-refractivity contribution < 1.29 is 4.79 Å². The molecule has 0 spiro atoms. The maximum Gasteiger partial charge on any atom is 0.261 e. The smallest absolute Gasteiger partial charge is 0.261 e. The first-order valence-corrected chi connectivity index (χ1v) is 11.5. The number of aromatic amines is 1. The molecule has 0 atom stereocenters. The highest BCUT2D eigenvalue weighted by Crippen LogP contribution is 2.24. The summed E-state index contributed by atoms with van der Waals surface area (Å²) >= 11 is 2.29. The highest BCUT2D eigenvalue weighted by molar-refractivity contribution is 14.1. The van der Waals surface area contributed by atoms with Gasteiger partial charge in [0.25, 0.3) is 5.91 Å². The van der Waals surface area contributed by atoms with Gasteiger partial charge in [0.2, 0.25) is 0 Å². The van der Waals surface area contributed by atoms with Gasteiger partial charge in [0, 0.05) is 44.3 Å². The zero-order valence-electron chi connectivity index (χ0n) is 17.9. The van der Waals surface area contributed by atoms with Crippen LogP contribution in [0.5, 0.6) is 0 Å². The van der Waals surface area contributed by atoms with Crippen molar-refractivity contribution in [3.8, 4) is 11.8 Å². The van der Waals surface area contributed by atoms with Gasteiger partial charge in [-0.15, -0.1) is 0 Å². The van der Waals surface area contributed by atoms with E-state index in [1.807, 2.05) is 56.4 Å². The summed E-state index contributed by atoms with van der Waals surface area (Å²) in [7, 11) is 0. The van der Waals surface area contributed by atoms with Gasteiger partial charge in [0.05, 0.1) is 0 Å². The first kappa shape index (κ1) is 21.9. The molecule has 2 heterocycles. The molecule has 1 amide bonds. The van der Waals surface area contributed by atoms with Gasteiger partial charge in [-0.3, -0.25) is 4.79 Å². The molecule has 0 aliphatic rings. The molecule has 5 nitrogen and oxygen atoms in total. The Kier molecular flexibility index (Phi) is 6.47. The molecule has 160 valence electrons. The quantitative estimate of drug-likeness (QED) is 0.196. The molecule has 0 aliphatic heterocycles. The molecule has 0 saturated heterocycles. The maximum atomic E-state index is 12.7. The molecule has 4 rings (SSSR count). The number of nitrogens with one attached hydrogen (secondary N) is 2. The van der Waals surface area contributed by atoms with Gasteiger partial charge in [0.15, 0.2) is 0 Å². The zero-order chi connectivity index (χ0) is 22.7. The number of benzene rings is 2. The second-order valence-electron chi connectivity index (χ2n) is 7.68. The molecule has 0 bridgehead atoms. The highest BCUT2D eigenvalue weighted by atomic mass is 127. The first-order valence-electron chi connectivity index (χ1n) is 10.4. The maximum absolute atomic E-state index is 12.7. The van der Waals surface area contributed by atoms with Crippen molar-refractivity contribution in [2.75, 3.05) is 6.54 Å². The van der Waals surface area contributed by atoms with Crippen molar-refractivity contribution in [2.24, 2.45) is 0 Å². The zero-order valence-corrected chi connectivity index (χ0v) is 20.1. The fraction of sp³-hybridized carbons (Fsp3) is 0.154. The predicted molar refractivity (Wildman–Crippen MR) is 137 cm³/mol. The summed E-state index contributed by atoms with van der Waals surface area (Å²) in [6, 6.07) is 20.4. The van der Waals surface area contributed by atoms with Crippen LogP contribution in [0.15, 0.2) is 66.4 Å². The van der Waals surface area contributed by atoms with Crippen molar-refractivity contribution in [1.82, 2.24) is 14.9 Å². The number of fused-ring (bicyclic) bond motifs is 1. The third-order valence-electron chi connectivity index (χ3n) is 5.56. The number of carbonyl (C=O) groups excluding carboxylic acids is 1. The molecule has 4 aromatic rings. The molecule has 0 unspecified atom stereocenters. The lowest BCUT2D eigenvalue weighted by atomic mass is 10.1. The van der Waals surface area contributed by atoms with Crippen molar-refractivity contribution in [3.63, 3.8) is 0 Å². The van der Waals surface area contributed by atoms with Crippen LogP contribution in [0.2, 0.25) is 0 Å². The Morgan fingerprint density at radius 1 is 1.19 bits per heavy atom. The van der Waals surface area contributed by atoms with E-state index in [-0.39, 0.29) is 11.5 Å². The molecule has 0 saturated carbocycles. The summed E-state index contributed by atoms with van der Waals surface area (Å²) in [6.45, 7) is 4.49. The molecule has 32 heavy (non-hydrogen) atoms. The van der Waals surface area contributed by atoms with Crippen LogP contribution in [0, 0.1) is 28.7 Å². The van der Waals surface area contributed by atoms with Gasteiger partial charge < -0.3 is 14.9 Å². The molecule has 0 aliphatic carbocycles. The van der Waals surface area contributed by atoms with E-state index in [0.29, 0.717) is 13.0 Å². The SMILES string of the molecule is Cc1cc(/C=C(/C#N)C(=O)NCCc2c[nH]c3ccccc23)c(C)n1-c1cccc(I)c1. The van der Waals surface area contributed by atoms with Crippen LogP contribution in [-0.2, 0) is 11.2 Å². The predicted octanol–water partition coefficient (Wildman–Crippen LogP) is 5.45. The Morgan fingerprint density at radius 3 is 2.78 bits per heavy atom. The van der Waals surface area contributed by atoms with E-state index in [9.17, 15) is 10.1 Å². The standard InChI is InChI=1S/C26H23IN4O/c1-17-12-20(18(2)31(17)23-7-5-6-22(27)14-23)13-21(15-28)26(32)29-11-10-19-16-30-25-9-4-3-8-24(19)25/h3-9,12-14,16,30H,10-11H2,1-2H3,(H,29,32)/b21-13-. The number of aromatic nitrogens is 2. The normalized spacial score (nSPS) is 11.5. The number of halogens is 1. The van der Waals surface area contributed by atoms with E-state index >= 15 is 0 Å². The average molecular weight is 534 g/mol. The van der Waals surface area contributed by atoms with E-state index < -0.39 is 0 Å². The summed E-state index contributed by atoms with van der Waals surface area (Å²) in [5.74, 6) is -0.355. The number of H-pyrrole nitrogens is 1. The molecule has 2 aromatic carbocycles. The molecule has 2 aromatic heterocycles. The number of amides is 1. The van der Waals surface area contributed by atoms with Gasteiger partial charge >= 0.3 is 0 Å². The molecular weight excluding hydrogens is 511 g/mol. The number of nitrogens with zero attached hydrogens (tertiary/aromatic N) is 2. The molecule has 0 fully saturated rings. The summed E-state index contributed by atoms with van der Waals surface area (Å²) in [5.41, 5.74) is 6.29. The minimum Gasteiger partial charge on any atom is -0.361 e. The Morgan fingerprint density at radius 2 is 2.00 bits per heavy atom. The summed E-state index contributed by atoms with van der Waals surface area (Å²) < 4.78 is 3.29. The van der Waals surface area contributed by atoms with E-state index in [1.165, 1.54) is 0 Å². The topological polar surface area (TPSA) is 73.6 Å². The van der Waals surface area contributed by atoms with Crippen molar-refractivity contribution >= 4 is 45.5 Å². The monoisotopic (exact) mass is 534 g/mol. The van der Waals surface area contributed by atoms with Crippen LogP contribution in [0.4, 0.5) is 0 Å². The third kappa shape index (κ3) is 4.48. The minimum atomic E-state index is -0.355. The number of carbonyl (C=O) groups is 1. The second-order valence-corrected chi connectivity index (χ2v) is 8.92. The van der Waals surface area contributed by atoms with E-state index in [4.69, 9.17) is 0 Å². The fourth-order valence-electron chi connectivity index (χ4n) is 3.99. The lowest BCUT2D eigenvalue weighted by Crippen LogP contribution is -2.26. The Balaban J connectivity index is 1.50. The first-order chi connectivity index (χ1) is 15.5. The number of hydrogen-bond acceptors (Lipinski definition) is 2. The van der Waals surface area contributed by atoms with E-state index in [0.717, 1.165) is 42.7 Å². The van der Waals surface area contributed by atoms with Crippen molar-refractivity contribution in [1.29, 1.82) is 5.26 Å². The Bertz CT molecular complexity index is 1370. The minimum absolute atomic E-state index is 0.104. The van der Waals surface area contributed by atoms with Gasteiger partial charge in [-0.1, -0.05) is 24.3 Å². The lowest BCUT2D eigenvalue weighted by Gasteiger charge is -2.10. The molecule has 6 heteroatoms. The number of para-hydroxylation sites is 1. The van der Waals surface area contributed by atoms with Crippen LogP contribution in [0.1, 0.15) is 22.5 Å². The summed E-state index contributed by atoms with van der Waals surface area (Å²) in [4.78, 5) is 15.9. The average Bonchev–Trinajstić information content (AvgIpc) is 3.32. The highest BCUT2D eigenvalue weighted by Gasteiger charge is 2.14. The summed E-state index contributed by atoms with van der Waals surface area (Å²) in [6.07, 6.45) is 4.33. The fourth-order valence-corrected chi connectivity index (χ4v) is 4.52. The number of rotatable bonds is 6. The summed E-state index contributed by atoms with van der Waals surface area (Å²) in [5, 5.41) is 13.6. The van der Waals surface area contributed by atoms with E-state index in [2.05, 4.69) is 61.7 Å². The number of nitriles is 1. The van der Waals surface area contributed by atoms with Crippen LogP contribution in [0.3, 0.4) is 0 Å². The lowest BCUT2D eigenvalue weighted by molar-refractivity contribution is -0.117. The molecular formula is C26H23IN4O. The van der Waals surface area contributed by atoms with Gasteiger partial charge in [-0.25, -0.2) is 0 Å². The van der Waals surface area contributed by atoms with Crippen LogP contribution < -0.4 is 5.32 Å². The van der Waals surface area contributed by atoms with Crippen LogP contribution in [0.25, 0.3) is 22.7 Å². The number of hydrogen-bond donors (Lipinski definition) is 2. The number of aryl methyl sites for hydroxylation is 1. The van der Waals surface area contributed by atoms with Gasteiger partial charge in [-0.2, -0.15) is 5.26 Å². The largest absolute Gasteiger partial charge is 0.361 e. The van der Waals surface area contributed by atoms with E-state index in [1.54, 1.807) is 6.08 Å². The van der Waals surface area contributed by atoms with Gasteiger partial charge in [0.1, 0.15) is 11.6 Å². The Hall–Kier alpha value is -3.31. The Labute approximate surface area is 200 Å². The molecule has 2 N–H and O–H groups in total. The van der Waals surface area contributed by atoms with Crippen LogP contribution >= 0.6 is 22.6 Å².